The standard InChI is InChI=1S/C19H30.C9H13F.C2H6.CH4/c1-6-8-18(9-7-2)19-14-17(12-10-15(3)4)13-11-16(19)5;1-4-5-9(10)7-6-8(2)3;1-2;/h11,13-14,18H,3,6-10,12H2,1-2,4-5H3;4-7H,1-3H3;1-2H3;1H4/b;5-4+,9-7+;;. The summed E-state index contributed by atoms with van der Waals surface area (Å²) >= 11 is 0. The van der Waals surface area contributed by atoms with Crippen LogP contribution in [-0.2, 0) is 6.42 Å². The molecule has 0 aliphatic rings. The zero-order valence-electron chi connectivity index (χ0n) is 21.9. The minimum Gasteiger partial charge on any atom is -0.207 e. The summed E-state index contributed by atoms with van der Waals surface area (Å²) in [4.78, 5) is 0. The first-order valence-corrected chi connectivity index (χ1v) is 12.1. The highest BCUT2D eigenvalue weighted by atomic mass is 19.1. The molecule has 0 aliphatic heterocycles. The number of hydrogen-bond donors (Lipinski definition) is 0. The molecule has 0 fully saturated rings. The molecule has 184 valence electrons. The first kappa shape index (κ1) is 34.7. The summed E-state index contributed by atoms with van der Waals surface area (Å²) in [5.41, 5.74) is 6.90. The number of hydrogen-bond acceptors (Lipinski definition) is 0. The van der Waals surface area contributed by atoms with Gasteiger partial charge in [0.2, 0.25) is 0 Å². The fourth-order valence-electron chi connectivity index (χ4n) is 3.26. The summed E-state index contributed by atoms with van der Waals surface area (Å²) in [7, 11) is 0. The first-order chi connectivity index (χ1) is 14.7. The molecule has 1 heteroatoms. The topological polar surface area (TPSA) is 0 Å². The smallest absolute Gasteiger partial charge is 0.122 e. The van der Waals surface area contributed by atoms with Crippen molar-refractivity contribution in [3.63, 3.8) is 0 Å². The predicted molar refractivity (Wildman–Crippen MR) is 148 cm³/mol. The maximum absolute atomic E-state index is 12.5. The zero-order chi connectivity index (χ0) is 24.2. The van der Waals surface area contributed by atoms with Crippen LogP contribution in [0.15, 0.2) is 66.1 Å². The molecule has 0 aliphatic carbocycles. The molecule has 1 rings (SSSR count). The van der Waals surface area contributed by atoms with E-state index in [0.29, 0.717) is 0 Å². The molecule has 0 saturated carbocycles. The van der Waals surface area contributed by atoms with Gasteiger partial charge in [0.1, 0.15) is 5.83 Å². The Morgan fingerprint density at radius 2 is 1.59 bits per heavy atom. The third-order valence-electron chi connectivity index (χ3n) is 4.80. The summed E-state index contributed by atoms with van der Waals surface area (Å²) in [5.74, 6) is 0.545. The number of halogens is 1. The van der Waals surface area contributed by atoms with E-state index in [2.05, 4.69) is 52.5 Å². The number of aryl methyl sites for hydroxylation is 2. The van der Waals surface area contributed by atoms with Crippen LogP contribution in [-0.4, -0.2) is 0 Å². The Hall–Kier alpha value is -1.89. The fourth-order valence-corrected chi connectivity index (χ4v) is 3.26. The third kappa shape index (κ3) is 17.8. The maximum Gasteiger partial charge on any atom is 0.122 e. The highest BCUT2D eigenvalue weighted by Crippen LogP contribution is 2.30. The highest BCUT2D eigenvalue weighted by molar-refractivity contribution is 5.34. The van der Waals surface area contributed by atoms with Crippen molar-refractivity contribution in [2.24, 2.45) is 0 Å². The first-order valence-electron chi connectivity index (χ1n) is 12.1. The van der Waals surface area contributed by atoms with Gasteiger partial charge in [-0.15, -0.1) is 6.58 Å². The van der Waals surface area contributed by atoms with Crippen LogP contribution in [0.25, 0.3) is 0 Å². The molecule has 0 unspecified atom stereocenters. The van der Waals surface area contributed by atoms with Gasteiger partial charge < -0.3 is 0 Å². The van der Waals surface area contributed by atoms with Gasteiger partial charge in [-0.25, -0.2) is 4.39 Å². The van der Waals surface area contributed by atoms with Crippen LogP contribution in [0.2, 0.25) is 0 Å². The monoisotopic (exact) mass is 444 g/mol. The largest absolute Gasteiger partial charge is 0.207 e. The van der Waals surface area contributed by atoms with E-state index in [-0.39, 0.29) is 13.3 Å². The molecule has 1 aromatic rings. The lowest BCUT2D eigenvalue weighted by molar-refractivity contribution is 0.558. The summed E-state index contributed by atoms with van der Waals surface area (Å²) in [6.07, 6.45) is 13.7. The third-order valence-corrected chi connectivity index (χ3v) is 4.80. The van der Waals surface area contributed by atoms with Crippen LogP contribution in [0.5, 0.6) is 0 Å². The summed E-state index contributed by atoms with van der Waals surface area (Å²) in [5, 5.41) is 0. The van der Waals surface area contributed by atoms with Gasteiger partial charge in [-0.2, -0.15) is 0 Å². The van der Waals surface area contributed by atoms with Crippen LogP contribution in [0.4, 0.5) is 4.39 Å². The van der Waals surface area contributed by atoms with Crippen molar-refractivity contribution in [1.82, 2.24) is 0 Å². The van der Waals surface area contributed by atoms with Crippen molar-refractivity contribution < 1.29 is 4.39 Å². The Labute approximate surface area is 201 Å². The minimum absolute atomic E-state index is 0. The van der Waals surface area contributed by atoms with E-state index in [0.717, 1.165) is 24.3 Å². The molecule has 0 saturated heterocycles. The van der Waals surface area contributed by atoms with E-state index in [1.54, 1.807) is 24.6 Å². The van der Waals surface area contributed by atoms with E-state index in [1.165, 1.54) is 54.5 Å². The second kappa shape index (κ2) is 22.3. The molecule has 0 radical (unpaired) electrons. The number of benzene rings is 1. The molecule has 0 N–H and O–H groups in total. The van der Waals surface area contributed by atoms with Crippen LogP contribution in [0, 0.1) is 6.92 Å². The highest BCUT2D eigenvalue weighted by Gasteiger charge is 2.12. The predicted octanol–water partition coefficient (Wildman–Crippen LogP) is 11.2. The van der Waals surface area contributed by atoms with Gasteiger partial charge in [0.25, 0.3) is 0 Å². The summed E-state index contributed by atoms with van der Waals surface area (Å²) in [6.45, 7) is 22.6. The van der Waals surface area contributed by atoms with Crippen LogP contribution >= 0.6 is 0 Å². The zero-order valence-corrected chi connectivity index (χ0v) is 21.9. The number of allylic oxidation sites excluding steroid dienone is 7. The lowest BCUT2D eigenvalue weighted by Gasteiger charge is -2.19. The van der Waals surface area contributed by atoms with Gasteiger partial charge in [-0.05, 0) is 95.1 Å². The van der Waals surface area contributed by atoms with Crippen LogP contribution in [0.1, 0.15) is 118 Å². The van der Waals surface area contributed by atoms with Gasteiger partial charge in [0.15, 0.2) is 0 Å². The Bertz CT molecular complexity index is 678. The molecule has 0 amide bonds. The molecular weight excluding hydrogens is 391 g/mol. The quantitative estimate of drug-likeness (QED) is 0.248. The van der Waals surface area contributed by atoms with E-state index < -0.39 is 0 Å². The van der Waals surface area contributed by atoms with Crippen molar-refractivity contribution >= 4 is 0 Å². The van der Waals surface area contributed by atoms with E-state index in [4.69, 9.17) is 0 Å². The molecule has 0 bridgehead atoms. The molecular formula is C31H53F. The molecule has 0 heterocycles. The SMILES string of the molecule is C.C/C=C/C(F)=C\C=C(C)C.C=C(C)CCc1ccc(C)c(C(CCC)CCC)c1.CC. The Morgan fingerprint density at radius 1 is 1.03 bits per heavy atom. The number of rotatable bonds is 10. The Morgan fingerprint density at radius 3 is 2.03 bits per heavy atom. The average molecular weight is 445 g/mol. The lowest BCUT2D eigenvalue weighted by Crippen LogP contribution is -2.02. The van der Waals surface area contributed by atoms with Crippen molar-refractivity contribution in [2.75, 3.05) is 0 Å². The van der Waals surface area contributed by atoms with Gasteiger partial charge in [0, 0.05) is 0 Å². The Balaban J connectivity index is -0.000000552. The van der Waals surface area contributed by atoms with Crippen molar-refractivity contribution in [3.05, 3.63) is 82.7 Å². The summed E-state index contributed by atoms with van der Waals surface area (Å²) in [6, 6.07) is 7.05. The normalized spacial score (nSPS) is 10.5. The maximum atomic E-state index is 12.5. The van der Waals surface area contributed by atoms with Gasteiger partial charge >= 0.3 is 0 Å². The molecule has 0 aromatic heterocycles. The molecule has 0 spiro atoms. The summed E-state index contributed by atoms with van der Waals surface area (Å²) < 4.78 is 12.5. The van der Waals surface area contributed by atoms with E-state index >= 15 is 0 Å². The lowest BCUT2D eigenvalue weighted by atomic mass is 9.86. The molecule has 0 nitrogen and oxygen atoms in total. The minimum atomic E-state index is -0.205. The average Bonchev–Trinajstić information content (AvgIpc) is 2.73. The van der Waals surface area contributed by atoms with Crippen LogP contribution in [0.3, 0.4) is 0 Å². The second-order valence-electron chi connectivity index (χ2n) is 8.22. The molecule has 32 heavy (non-hydrogen) atoms. The Kier molecular flexibility index (Phi) is 24.2. The van der Waals surface area contributed by atoms with Crippen molar-refractivity contribution in [3.8, 4) is 0 Å². The van der Waals surface area contributed by atoms with E-state index in [9.17, 15) is 4.39 Å². The molecule has 0 atom stereocenters. The van der Waals surface area contributed by atoms with Crippen molar-refractivity contribution in [2.45, 2.75) is 114 Å². The second-order valence-corrected chi connectivity index (χ2v) is 8.22. The van der Waals surface area contributed by atoms with Gasteiger partial charge in [-0.3, -0.25) is 0 Å². The van der Waals surface area contributed by atoms with Crippen LogP contribution < -0.4 is 0 Å². The fraction of sp³-hybridized carbons (Fsp3) is 0.548. The van der Waals surface area contributed by atoms with E-state index in [1.807, 2.05) is 27.7 Å². The van der Waals surface area contributed by atoms with Gasteiger partial charge in [0.05, 0.1) is 0 Å². The molecule has 1 aromatic carbocycles. The van der Waals surface area contributed by atoms with Gasteiger partial charge in [-0.1, -0.05) is 89.5 Å². The van der Waals surface area contributed by atoms with Crippen molar-refractivity contribution in [1.29, 1.82) is 0 Å².